The number of carbonyl (C=O) groups is 2. The van der Waals surface area contributed by atoms with E-state index in [9.17, 15) is 27.2 Å². The average Bonchev–Trinajstić information content (AvgIpc) is 2.73. The van der Waals surface area contributed by atoms with Crippen LogP contribution in [-0.2, 0) is 10.9 Å². The Morgan fingerprint density at radius 1 is 1.12 bits per heavy atom. The number of amides is 2. The van der Waals surface area contributed by atoms with E-state index < -0.39 is 52.8 Å². The highest BCUT2D eigenvalue weighted by atomic mass is 19.4. The van der Waals surface area contributed by atoms with Crippen LogP contribution in [0.5, 0.6) is 0 Å². The zero-order chi connectivity index (χ0) is 24.4. The van der Waals surface area contributed by atoms with Crippen molar-refractivity contribution < 1.29 is 31.9 Å². The topological polar surface area (TPSA) is 71.5 Å². The summed E-state index contributed by atoms with van der Waals surface area (Å²) in [5, 5.41) is 2.64. The molecule has 178 valence electrons. The van der Waals surface area contributed by atoms with Crippen molar-refractivity contribution in [2.75, 3.05) is 13.1 Å². The van der Waals surface area contributed by atoms with Crippen molar-refractivity contribution in [3.05, 3.63) is 65.2 Å². The molecule has 2 heterocycles. The van der Waals surface area contributed by atoms with Gasteiger partial charge in [-0.05, 0) is 57.0 Å². The Hall–Kier alpha value is -3.17. The molecule has 2 aromatic rings. The summed E-state index contributed by atoms with van der Waals surface area (Å²) in [6.07, 6.45) is -3.89. The van der Waals surface area contributed by atoms with Gasteiger partial charge in [-0.2, -0.15) is 13.2 Å². The molecule has 2 amide bonds. The van der Waals surface area contributed by atoms with Gasteiger partial charge in [0.25, 0.3) is 5.91 Å². The normalized spacial score (nSPS) is 19.2. The summed E-state index contributed by atoms with van der Waals surface area (Å²) in [6.45, 7) is 5.58. The van der Waals surface area contributed by atoms with Gasteiger partial charge in [0.2, 0.25) is 0 Å². The van der Waals surface area contributed by atoms with Gasteiger partial charge in [0.15, 0.2) is 0 Å². The maximum Gasteiger partial charge on any atom is 0.418 e. The number of halogens is 4. The SMILES string of the molecule is CC(C)(C)OC(=O)N1CC[C@@H](NC(=O)c2ncccc2C(F)(F)F)[C@H](c2ccc(F)cc2)C1. The quantitative estimate of drug-likeness (QED) is 0.661. The number of piperidine rings is 1. The molecule has 1 aromatic heterocycles. The predicted octanol–water partition coefficient (Wildman–Crippen LogP) is 4.76. The highest BCUT2D eigenvalue weighted by Crippen LogP contribution is 2.32. The number of likely N-dealkylation sites (tertiary alicyclic amines) is 1. The first-order valence-electron chi connectivity index (χ1n) is 10.4. The van der Waals surface area contributed by atoms with E-state index in [1.807, 2.05) is 0 Å². The molecule has 0 aliphatic carbocycles. The van der Waals surface area contributed by atoms with Gasteiger partial charge in [-0.3, -0.25) is 9.78 Å². The van der Waals surface area contributed by atoms with Crippen molar-refractivity contribution in [1.29, 1.82) is 0 Å². The van der Waals surface area contributed by atoms with E-state index in [-0.39, 0.29) is 19.5 Å². The van der Waals surface area contributed by atoms with E-state index in [1.165, 1.54) is 29.2 Å². The molecule has 1 saturated heterocycles. The Morgan fingerprint density at radius 3 is 2.39 bits per heavy atom. The summed E-state index contributed by atoms with van der Waals surface area (Å²) in [5.41, 5.74) is -1.93. The van der Waals surface area contributed by atoms with Gasteiger partial charge >= 0.3 is 12.3 Å². The van der Waals surface area contributed by atoms with Crippen molar-refractivity contribution in [2.45, 2.75) is 50.9 Å². The lowest BCUT2D eigenvalue weighted by Crippen LogP contribution is -2.52. The maximum absolute atomic E-state index is 13.5. The molecule has 33 heavy (non-hydrogen) atoms. The number of alkyl halides is 3. The number of aromatic nitrogens is 1. The molecule has 3 rings (SSSR count). The fraction of sp³-hybridized carbons (Fsp3) is 0.435. The number of rotatable bonds is 3. The third-order valence-electron chi connectivity index (χ3n) is 5.21. The van der Waals surface area contributed by atoms with Crippen LogP contribution in [0.4, 0.5) is 22.4 Å². The summed E-state index contributed by atoms with van der Waals surface area (Å²) in [4.78, 5) is 30.5. The summed E-state index contributed by atoms with van der Waals surface area (Å²) < 4.78 is 58.9. The van der Waals surface area contributed by atoms with Crippen molar-refractivity contribution in [3.8, 4) is 0 Å². The second-order valence-corrected chi connectivity index (χ2v) is 8.85. The molecule has 0 spiro atoms. The van der Waals surface area contributed by atoms with E-state index in [0.29, 0.717) is 5.56 Å². The second kappa shape index (κ2) is 9.36. The van der Waals surface area contributed by atoms with Gasteiger partial charge in [-0.15, -0.1) is 0 Å². The molecular formula is C23H25F4N3O3. The molecule has 1 aliphatic heterocycles. The Kier molecular flexibility index (Phi) is 6.94. The highest BCUT2D eigenvalue weighted by molar-refractivity contribution is 5.94. The van der Waals surface area contributed by atoms with Gasteiger partial charge < -0.3 is 15.0 Å². The smallest absolute Gasteiger partial charge is 0.418 e. The Morgan fingerprint density at radius 2 is 1.79 bits per heavy atom. The number of carbonyl (C=O) groups excluding carboxylic acids is 2. The molecular weight excluding hydrogens is 442 g/mol. The number of hydrogen-bond donors (Lipinski definition) is 1. The van der Waals surface area contributed by atoms with Crippen LogP contribution in [-0.4, -0.2) is 46.6 Å². The minimum atomic E-state index is -4.74. The number of nitrogens with one attached hydrogen (secondary N) is 1. The van der Waals surface area contributed by atoms with Gasteiger partial charge in [0, 0.05) is 31.2 Å². The predicted molar refractivity (Wildman–Crippen MR) is 112 cm³/mol. The fourth-order valence-electron chi connectivity index (χ4n) is 3.72. The first kappa shape index (κ1) is 24.5. The van der Waals surface area contributed by atoms with E-state index in [0.717, 1.165) is 18.3 Å². The molecule has 6 nitrogen and oxygen atoms in total. The summed E-state index contributed by atoms with van der Waals surface area (Å²) in [5.74, 6) is -1.91. The van der Waals surface area contributed by atoms with Crippen LogP contribution in [0.3, 0.4) is 0 Å². The maximum atomic E-state index is 13.5. The van der Waals surface area contributed by atoms with Crippen LogP contribution in [0.2, 0.25) is 0 Å². The summed E-state index contributed by atoms with van der Waals surface area (Å²) in [7, 11) is 0. The minimum absolute atomic E-state index is 0.139. The van der Waals surface area contributed by atoms with Crippen LogP contribution in [0.15, 0.2) is 42.6 Å². The molecule has 1 aliphatic rings. The van der Waals surface area contributed by atoms with Crippen LogP contribution in [0.25, 0.3) is 0 Å². The van der Waals surface area contributed by atoms with Crippen LogP contribution < -0.4 is 5.32 Å². The van der Waals surface area contributed by atoms with E-state index in [2.05, 4.69) is 10.3 Å². The van der Waals surface area contributed by atoms with Crippen molar-refractivity contribution in [1.82, 2.24) is 15.2 Å². The third-order valence-corrected chi connectivity index (χ3v) is 5.21. The number of ether oxygens (including phenoxy) is 1. The second-order valence-electron chi connectivity index (χ2n) is 8.85. The van der Waals surface area contributed by atoms with Gasteiger partial charge in [0.05, 0.1) is 5.56 Å². The standard InChI is InChI=1S/C23H25F4N3O3/c1-22(2,3)33-21(32)30-12-10-18(16(13-30)14-6-8-15(24)9-7-14)29-20(31)19-17(23(25,26)27)5-4-11-28-19/h4-9,11,16,18H,10,12-13H2,1-3H3,(H,29,31)/t16-,18+/m0/s1. The molecule has 0 bridgehead atoms. The first-order valence-corrected chi connectivity index (χ1v) is 10.4. The fourth-order valence-corrected chi connectivity index (χ4v) is 3.72. The lowest BCUT2D eigenvalue weighted by Gasteiger charge is -2.39. The number of hydrogen-bond acceptors (Lipinski definition) is 4. The van der Waals surface area contributed by atoms with Crippen LogP contribution in [0.1, 0.15) is 54.7 Å². The number of nitrogens with zero attached hydrogens (tertiary/aromatic N) is 2. The van der Waals surface area contributed by atoms with Crippen molar-refractivity contribution in [2.24, 2.45) is 0 Å². The molecule has 0 radical (unpaired) electrons. The summed E-state index contributed by atoms with van der Waals surface area (Å²) >= 11 is 0. The number of benzene rings is 1. The Bertz CT molecular complexity index is 1000. The molecule has 0 unspecified atom stereocenters. The average molecular weight is 467 g/mol. The third kappa shape index (κ3) is 6.21. The van der Waals surface area contributed by atoms with Gasteiger partial charge in [0.1, 0.15) is 17.1 Å². The molecule has 10 heteroatoms. The first-order chi connectivity index (χ1) is 15.3. The molecule has 2 atom stereocenters. The van der Waals surface area contributed by atoms with E-state index in [4.69, 9.17) is 4.74 Å². The van der Waals surface area contributed by atoms with Gasteiger partial charge in [-0.25, -0.2) is 9.18 Å². The van der Waals surface area contributed by atoms with Crippen LogP contribution in [0, 0.1) is 5.82 Å². The lowest BCUT2D eigenvalue weighted by atomic mass is 9.86. The summed E-state index contributed by atoms with van der Waals surface area (Å²) in [6, 6.07) is 6.86. The van der Waals surface area contributed by atoms with Gasteiger partial charge in [-0.1, -0.05) is 12.1 Å². The highest BCUT2D eigenvalue weighted by Gasteiger charge is 2.39. The molecule has 1 aromatic carbocycles. The zero-order valence-electron chi connectivity index (χ0n) is 18.4. The Balaban J connectivity index is 1.85. The minimum Gasteiger partial charge on any atom is -0.444 e. The lowest BCUT2D eigenvalue weighted by molar-refractivity contribution is -0.138. The van der Waals surface area contributed by atoms with E-state index in [1.54, 1.807) is 20.8 Å². The monoisotopic (exact) mass is 467 g/mol. The zero-order valence-corrected chi connectivity index (χ0v) is 18.4. The van der Waals surface area contributed by atoms with Crippen molar-refractivity contribution in [3.63, 3.8) is 0 Å². The van der Waals surface area contributed by atoms with Crippen LogP contribution >= 0.6 is 0 Å². The van der Waals surface area contributed by atoms with E-state index >= 15 is 0 Å². The van der Waals surface area contributed by atoms with Crippen molar-refractivity contribution >= 4 is 12.0 Å². The largest absolute Gasteiger partial charge is 0.444 e. The molecule has 1 N–H and O–H groups in total. The number of pyridine rings is 1. The molecule has 1 fully saturated rings. The Labute approximate surface area is 188 Å². The molecule has 0 saturated carbocycles.